The highest BCUT2D eigenvalue weighted by atomic mass is 35.5. The van der Waals surface area contributed by atoms with Crippen molar-refractivity contribution in [3.05, 3.63) is 30.2 Å². The first kappa shape index (κ1) is 17.2. The van der Waals surface area contributed by atoms with Crippen molar-refractivity contribution >= 4 is 23.9 Å². The van der Waals surface area contributed by atoms with Gasteiger partial charge in [-0.1, -0.05) is 5.16 Å². The summed E-state index contributed by atoms with van der Waals surface area (Å²) in [7, 11) is 0. The number of piperidine rings is 1. The van der Waals surface area contributed by atoms with E-state index in [9.17, 15) is 0 Å². The zero-order chi connectivity index (χ0) is 16.9. The van der Waals surface area contributed by atoms with E-state index in [2.05, 4.69) is 30.3 Å². The van der Waals surface area contributed by atoms with Crippen molar-refractivity contribution in [2.24, 2.45) is 5.73 Å². The van der Waals surface area contributed by atoms with Crippen LogP contribution in [0.3, 0.4) is 0 Å². The molecule has 5 rings (SSSR count). The topological polar surface area (TPSA) is 111 Å². The molecule has 2 aliphatic rings. The Hall–Kier alpha value is -2.26. The minimum atomic E-state index is -0.360. The molecule has 10 heteroatoms. The van der Waals surface area contributed by atoms with Gasteiger partial charge in [-0.3, -0.25) is 0 Å². The van der Waals surface area contributed by atoms with Crippen LogP contribution in [0.2, 0.25) is 0 Å². The molecule has 9 nitrogen and oxygen atoms in total. The maximum atomic E-state index is 6.29. The molecule has 0 spiro atoms. The minimum Gasteiger partial charge on any atom is -0.355 e. The van der Waals surface area contributed by atoms with E-state index in [4.69, 9.17) is 10.3 Å². The Morgan fingerprint density at radius 2 is 2.00 bits per heavy atom. The van der Waals surface area contributed by atoms with Crippen LogP contribution in [0.15, 0.2) is 23.0 Å². The van der Waals surface area contributed by atoms with Crippen molar-refractivity contribution in [1.82, 2.24) is 30.0 Å². The van der Waals surface area contributed by atoms with Crippen molar-refractivity contribution in [1.29, 1.82) is 0 Å². The molecule has 2 fully saturated rings. The van der Waals surface area contributed by atoms with E-state index in [0.717, 1.165) is 62.5 Å². The van der Waals surface area contributed by atoms with E-state index in [1.54, 1.807) is 10.8 Å². The highest BCUT2D eigenvalue weighted by Crippen LogP contribution is 2.38. The second-order valence-electron chi connectivity index (χ2n) is 7.05. The maximum absolute atomic E-state index is 6.29. The summed E-state index contributed by atoms with van der Waals surface area (Å²) in [4.78, 5) is 6.87. The van der Waals surface area contributed by atoms with Crippen LogP contribution < -0.4 is 10.6 Å². The monoisotopic (exact) mass is 376 g/mol. The SMILES string of the molecule is Cl.NC1(c2noc(C3CCN(c4ccc5nncn5n4)CC3)n2)CCC1. The van der Waals surface area contributed by atoms with E-state index < -0.39 is 0 Å². The molecule has 2 N–H and O–H groups in total. The number of hydrogen-bond acceptors (Lipinski definition) is 8. The van der Waals surface area contributed by atoms with Crippen molar-refractivity contribution in [2.75, 3.05) is 18.0 Å². The van der Waals surface area contributed by atoms with E-state index in [0.29, 0.717) is 11.7 Å². The van der Waals surface area contributed by atoms with Gasteiger partial charge in [0.15, 0.2) is 11.5 Å². The van der Waals surface area contributed by atoms with Gasteiger partial charge in [-0.25, -0.2) is 0 Å². The van der Waals surface area contributed by atoms with Crippen molar-refractivity contribution < 1.29 is 4.52 Å². The molecule has 0 atom stereocenters. The summed E-state index contributed by atoms with van der Waals surface area (Å²) in [5, 5.41) is 16.5. The van der Waals surface area contributed by atoms with Gasteiger partial charge >= 0.3 is 0 Å². The molecule has 0 radical (unpaired) electrons. The van der Waals surface area contributed by atoms with Gasteiger partial charge in [0, 0.05) is 19.0 Å². The lowest BCUT2D eigenvalue weighted by Crippen LogP contribution is -2.44. The lowest BCUT2D eigenvalue weighted by Gasteiger charge is -2.34. The third-order valence-electron chi connectivity index (χ3n) is 5.45. The number of nitrogens with zero attached hydrogens (tertiary/aromatic N) is 7. The van der Waals surface area contributed by atoms with Gasteiger partial charge < -0.3 is 15.2 Å². The molecule has 0 unspecified atom stereocenters. The molecule has 0 bridgehead atoms. The predicted octanol–water partition coefficient (Wildman–Crippen LogP) is 1.65. The summed E-state index contributed by atoms with van der Waals surface area (Å²) in [5.41, 5.74) is 6.68. The molecular formula is C16H21ClN8O. The zero-order valence-electron chi connectivity index (χ0n) is 14.3. The standard InChI is InChI=1S/C16H20N8O.ClH/c17-16(6-1-7-16)15-19-14(25-22-15)11-4-8-23(9-5-11)13-3-2-12-20-18-10-24(12)21-13;/h2-3,10-11H,1,4-9,17H2;1H. The number of halogens is 1. The molecular weight excluding hydrogens is 356 g/mol. The lowest BCUT2D eigenvalue weighted by molar-refractivity contribution is 0.228. The highest BCUT2D eigenvalue weighted by molar-refractivity contribution is 5.85. The third-order valence-corrected chi connectivity index (χ3v) is 5.45. The van der Waals surface area contributed by atoms with E-state index in [1.165, 1.54) is 0 Å². The summed E-state index contributed by atoms with van der Waals surface area (Å²) in [6.07, 6.45) is 6.57. The van der Waals surface area contributed by atoms with Gasteiger partial charge in [0.1, 0.15) is 12.1 Å². The summed E-state index contributed by atoms with van der Waals surface area (Å²) in [6.45, 7) is 1.80. The fourth-order valence-electron chi connectivity index (χ4n) is 3.63. The second-order valence-corrected chi connectivity index (χ2v) is 7.05. The van der Waals surface area contributed by atoms with Crippen molar-refractivity contribution in [3.63, 3.8) is 0 Å². The number of nitrogens with two attached hydrogens (primary N) is 1. The Morgan fingerprint density at radius 1 is 1.19 bits per heavy atom. The summed E-state index contributed by atoms with van der Waals surface area (Å²) >= 11 is 0. The first-order chi connectivity index (χ1) is 12.2. The minimum absolute atomic E-state index is 0. The normalized spacial score (nSPS) is 20.0. The molecule has 1 aliphatic carbocycles. The highest BCUT2D eigenvalue weighted by Gasteiger charge is 2.39. The number of fused-ring (bicyclic) bond motifs is 1. The van der Waals surface area contributed by atoms with Crippen LogP contribution in [0.25, 0.3) is 5.65 Å². The molecule has 0 amide bonds. The van der Waals surface area contributed by atoms with Crippen LogP contribution in [-0.4, -0.2) is 43.0 Å². The Labute approximate surface area is 156 Å². The molecule has 3 aromatic rings. The largest absolute Gasteiger partial charge is 0.355 e. The Morgan fingerprint density at radius 3 is 2.73 bits per heavy atom. The summed E-state index contributed by atoms with van der Waals surface area (Å²) < 4.78 is 7.22. The summed E-state index contributed by atoms with van der Waals surface area (Å²) in [5.74, 6) is 2.64. The van der Waals surface area contributed by atoms with E-state index in [-0.39, 0.29) is 17.9 Å². The first-order valence-electron chi connectivity index (χ1n) is 8.76. The number of anilines is 1. The van der Waals surface area contributed by atoms with Crippen LogP contribution >= 0.6 is 12.4 Å². The molecule has 0 aromatic carbocycles. The van der Waals surface area contributed by atoms with E-state index >= 15 is 0 Å². The van der Waals surface area contributed by atoms with Crippen LogP contribution in [0.1, 0.15) is 49.7 Å². The van der Waals surface area contributed by atoms with Crippen LogP contribution in [-0.2, 0) is 5.54 Å². The molecule has 4 heterocycles. The van der Waals surface area contributed by atoms with Gasteiger partial charge in [0.05, 0.1) is 5.54 Å². The molecule has 1 aliphatic heterocycles. The molecule has 26 heavy (non-hydrogen) atoms. The Bertz CT molecular complexity index is 896. The van der Waals surface area contributed by atoms with Crippen LogP contribution in [0.5, 0.6) is 0 Å². The van der Waals surface area contributed by atoms with E-state index in [1.807, 2.05) is 12.1 Å². The molecule has 3 aromatic heterocycles. The molecule has 1 saturated carbocycles. The second kappa shape index (κ2) is 6.48. The van der Waals surface area contributed by atoms with Gasteiger partial charge in [-0.15, -0.1) is 27.7 Å². The summed E-state index contributed by atoms with van der Waals surface area (Å²) in [6, 6.07) is 3.93. The first-order valence-corrected chi connectivity index (χ1v) is 8.76. The van der Waals surface area contributed by atoms with Gasteiger partial charge in [-0.05, 0) is 44.2 Å². The maximum Gasteiger partial charge on any atom is 0.229 e. The van der Waals surface area contributed by atoms with Crippen LogP contribution in [0, 0.1) is 0 Å². The fourth-order valence-corrected chi connectivity index (χ4v) is 3.63. The predicted molar refractivity (Wildman–Crippen MR) is 96.2 cm³/mol. The Kier molecular flexibility index (Phi) is 4.28. The van der Waals surface area contributed by atoms with Crippen LogP contribution in [0.4, 0.5) is 5.82 Å². The van der Waals surface area contributed by atoms with Crippen molar-refractivity contribution in [2.45, 2.75) is 43.6 Å². The average molecular weight is 377 g/mol. The molecule has 1 saturated heterocycles. The van der Waals surface area contributed by atoms with Gasteiger partial charge in [-0.2, -0.15) is 9.50 Å². The zero-order valence-corrected chi connectivity index (χ0v) is 15.1. The fraction of sp³-hybridized carbons (Fsp3) is 0.562. The smallest absolute Gasteiger partial charge is 0.229 e. The lowest BCUT2D eigenvalue weighted by atomic mass is 9.77. The number of rotatable bonds is 3. The van der Waals surface area contributed by atoms with Crippen molar-refractivity contribution in [3.8, 4) is 0 Å². The third kappa shape index (κ3) is 2.80. The quantitative estimate of drug-likeness (QED) is 0.734. The van der Waals surface area contributed by atoms with Gasteiger partial charge in [0.25, 0.3) is 0 Å². The number of hydrogen-bond donors (Lipinski definition) is 1. The number of aromatic nitrogens is 6. The van der Waals surface area contributed by atoms with Gasteiger partial charge in [0.2, 0.25) is 5.89 Å². The average Bonchev–Trinajstić information content (AvgIpc) is 3.28. The molecule has 138 valence electrons. The Balaban J connectivity index is 0.00000168.